The number of nitrogens with zero attached hydrogens (tertiary/aromatic N) is 3. The summed E-state index contributed by atoms with van der Waals surface area (Å²) in [5.41, 5.74) is 7.41. The molecule has 0 saturated carbocycles. The number of hydrogen-bond acceptors (Lipinski definition) is 5. The standard InChI is InChI=1S/C22H22ClFN4O2/c23-16-7-3-6-15(11-16)21-26-22(30-27-21)19-9-4-10-28(19)20(29)13-17(25)12-14-5-1-2-8-18(14)24/h1-3,5-8,11,17,19H,4,9-10,12-13,25H2/t17-,19-/m1/s1. The van der Waals surface area contributed by atoms with E-state index >= 15 is 0 Å². The zero-order valence-corrected chi connectivity index (χ0v) is 17.1. The monoisotopic (exact) mass is 428 g/mol. The fourth-order valence-corrected chi connectivity index (χ4v) is 3.99. The molecule has 2 aromatic carbocycles. The van der Waals surface area contributed by atoms with Crippen molar-refractivity contribution in [1.82, 2.24) is 15.0 Å². The second-order valence-electron chi connectivity index (χ2n) is 7.47. The maximum absolute atomic E-state index is 13.9. The van der Waals surface area contributed by atoms with Crippen LogP contribution in [0.4, 0.5) is 4.39 Å². The molecule has 1 aliphatic rings. The average Bonchev–Trinajstić information content (AvgIpc) is 3.39. The highest BCUT2D eigenvalue weighted by molar-refractivity contribution is 6.30. The van der Waals surface area contributed by atoms with Crippen molar-refractivity contribution in [2.75, 3.05) is 6.54 Å². The number of hydrogen-bond donors (Lipinski definition) is 1. The minimum Gasteiger partial charge on any atom is -0.337 e. The summed E-state index contributed by atoms with van der Waals surface area (Å²) in [5, 5.41) is 4.63. The molecule has 3 aromatic rings. The molecule has 1 aromatic heterocycles. The zero-order valence-electron chi connectivity index (χ0n) is 16.3. The minimum atomic E-state index is -0.472. The lowest BCUT2D eigenvalue weighted by molar-refractivity contribution is -0.132. The van der Waals surface area contributed by atoms with Crippen LogP contribution >= 0.6 is 11.6 Å². The van der Waals surface area contributed by atoms with Gasteiger partial charge in [-0.2, -0.15) is 4.98 Å². The highest BCUT2D eigenvalue weighted by atomic mass is 35.5. The molecule has 1 fully saturated rings. The summed E-state index contributed by atoms with van der Waals surface area (Å²) >= 11 is 6.04. The molecular weight excluding hydrogens is 407 g/mol. The summed E-state index contributed by atoms with van der Waals surface area (Å²) in [6, 6.07) is 12.9. The lowest BCUT2D eigenvalue weighted by Crippen LogP contribution is -2.36. The first-order valence-corrected chi connectivity index (χ1v) is 10.3. The van der Waals surface area contributed by atoms with Crippen molar-refractivity contribution < 1.29 is 13.7 Å². The third kappa shape index (κ3) is 4.52. The van der Waals surface area contributed by atoms with E-state index in [0.29, 0.717) is 35.3 Å². The molecule has 2 heterocycles. The van der Waals surface area contributed by atoms with Gasteiger partial charge in [-0.1, -0.05) is 47.1 Å². The van der Waals surface area contributed by atoms with Crippen molar-refractivity contribution in [2.24, 2.45) is 5.73 Å². The second-order valence-corrected chi connectivity index (χ2v) is 7.91. The summed E-state index contributed by atoms with van der Waals surface area (Å²) in [6.07, 6.45) is 2.01. The molecule has 156 valence electrons. The van der Waals surface area contributed by atoms with Gasteiger partial charge in [-0.3, -0.25) is 4.79 Å². The third-order valence-electron chi connectivity index (χ3n) is 5.26. The molecular formula is C22H22ClFN4O2. The molecule has 0 spiro atoms. The molecule has 0 bridgehead atoms. The second kappa shape index (κ2) is 8.93. The third-order valence-corrected chi connectivity index (χ3v) is 5.49. The van der Waals surface area contributed by atoms with E-state index in [9.17, 15) is 9.18 Å². The Hall–Kier alpha value is -2.77. The highest BCUT2D eigenvalue weighted by Gasteiger charge is 2.34. The molecule has 30 heavy (non-hydrogen) atoms. The maximum atomic E-state index is 13.9. The normalized spacial score (nSPS) is 17.3. The summed E-state index contributed by atoms with van der Waals surface area (Å²) in [5.74, 6) is 0.434. The van der Waals surface area contributed by atoms with Gasteiger partial charge in [-0.05, 0) is 43.0 Å². The molecule has 1 saturated heterocycles. The number of carbonyl (C=O) groups excluding carboxylic acids is 1. The predicted octanol–water partition coefficient (Wildman–Crippen LogP) is 4.15. The molecule has 0 unspecified atom stereocenters. The van der Waals surface area contributed by atoms with E-state index in [2.05, 4.69) is 10.1 Å². The first-order chi connectivity index (χ1) is 14.5. The number of aromatic nitrogens is 2. The van der Waals surface area contributed by atoms with E-state index in [1.54, 1.807) is 35.2 Å². The predicted molar refractivity (Wildman–Crippen MR) is 111 cm³/mol. The number of nitrogens with two attached hydrogens (primary N) is 1. The van der Waals surface area contributed by atoms with Crippen LogP contribution in [-0.4, -0.2) is 33.5 Å². The van der Waals surface area contributed by atoms with Crippen molar-refractivity contribution in [3.63, 3.8) is 0 Å². The number of carbonyl (C=O) groups is 1. The van der Waals surface area contributed by atoms with Gasteiger partial charge in [0.15, 0.2) is 0 Å². The lowest BCUT2D eigenvalue weighted by atomic mass is 10.0. The smallest absolute Gasteiger partial charge is 0.249 e. The minimum absolute atomic E-state index is 0.0937. The van der Waals surface area contributed by atoms with E-state index in [-0.39, 0.29) is 24.2 Å². The molecule has 1 aliphatic heterocycles. The van der Waals surface area contributed by atoms with E-state index < -0.39 is 6.04 Å². The molecule has 2 N–H and O–H groups in total. The van der Waals surface area contributed by atoms with Crippen LogP contribution in [0.5, 0.6) is 0 Å². The average molecular weight is 429 g/mol. The van der Waals surface area contributed by atoms with Crippen molar-refractivity contribution in [2.45, 2.75) is 37.8 Å². The number of amides is 1. The van der Waals surface area contributed by atoms with Crippen molar-refractivity contribution >= 4 is 17.5 Å². The number of rotatable bonds is 6. The van der Waals surface area contributed by atoms with Gasteiger partial charge in [0.1, 0.15) is 11.9 Å². The van der Waals surface area contributed by atoms with Crippen LogP contribution in [0, 0.1) is 5.82 Å². The molecule has 6 nitrogen and oxygen atoms in total. The molecule has 8 heteroatoms. The Bertz CT molecular complexity index is 1040. The van der Waals surface area contributed by atoms with Crippen molar-refractivity contribution in [3.8, 4) is 11.4 Å². The topological polar surface area (TPSA) is 85.3 Å². The quantitative estimate of drug-likeness (QED) is 0.637. The number of halogens is 2. The Labute approximate surface area is 178 Å². The van der Waals surface area contributed by atoms with Gasteiger partial charge in [0.2, 0.25) is 17.6 Å². The van der Waals surface area contributed by atoms with Gasteiger partial charge in [0.25, 0.3) is 0 Å². The van der Waals surface area contributed by atoms with Gasteiger partial charge in [-0.15, -0.1) is 0 Å². The van der Waals surface area contributed by atoms with Gasteiger partial charge in [0.05, 0.1) is 0 Å². The van der Waals surface area contributed by atoms with Gasteiger partial charge < -0.3 is 15.2 Å². The van der Waals surface area contributed by atoms with E-state index in [1.807, 2.05) is 12.1 Å². The Morgan fingerprint density at radius 1 is 1.30 bits per heavy atom. The van der Waals surface area contributed by atoms with Gasteiger partial charge >= 0.3 is 0 Å². The van der Waals surface area contributed by atoms with Crippen LogP contribution in [0.1, 0.15) is 36.8 Å². The Kier molecular flexibility index (Phi) is 6.11. The molecule has 1 amide bonds. The van der Waals surface area contributed by atoms with E-state index in [0.717, 1.165) is 18.4 Å². The van der Waals surface area contributed by atoms with Crippen LogP contribution in [0.3, 0.4) is 0 Å². The van der Waals surface area contributed by atoms with E-state index in [4.69, 9.17) is 21.9 Å². The highest BCUT2D eigenvalue weighted by Crippen LogP contribution is 2.33. The first-order valence-electron chi connectivity index (χ1n) is 9.89. The van der Waals surface area contributed by atoms with Crippen LogP contribution < -0.4 is 5.73 Å². The molecule has 4 rings (SSSR count). The summed E-state index contributed by atoms with van der Waals surface area (Å²) < 4.78 is 19.3. The van der Waals surface area contributed by atoms with Crippen molar-refractivity contribution in [3.05, 3.63) is 70.8 Å². The molecule has 0 aliphatic carbocycles. The SMILES string of the molecule is N[C@@H](CC(=O)N1CCC[C@@H]1c1nc(-c2cccc(Cl)c2)no1)Cc1ccccc1F. The summed E-state index contributed by atoms with van der Waals surface area (Å²) in [7, 11) is 0. The van der Waals surface area contributed by atoms with E-state index in [1.165, 1.54) is 6.07 Å². The van der Waals surface area contributed by atoms with Crippen molar-refractivity contribution in [1.29, 1.82) is 0 Å². The fraction of sp³-hybridized carbons (Fsp3) is 0.318. The largest absolute Gasteiger partial charge is 0.337 e. The zero-order chi connectivity index (χ0) is 21.1. The lowest BCUT2D eigenvalue weighted by Gasteiger charge is -2.23. The van der Waals surface area contributed by atoms with Crippen LogP contribution in [-0.2, 0) is 11.2 Å². The Morgan fingerprint density at radius 2 is 2.13 bits per heavy atom. The first kappa shape index (κ1) is 20.5. The molecule has 2 atom stereocenters. The van der Waals surface area contributed by atoms with Crippen LogP contribution in [0.15, 0.2) is 53.1 Å². The fourth-order valence-electron chi connectivity index (χ4n) is 3.80. The Morgan fingerprint density at radius 3 is 2.93 bits per heavy atom. The van der Waals surface area contributed by atoms with Crippen LogP contribution in [0.25, 0.3) is 11.4 Å². The summed E-state index contributed by atoms with van der Waals surface area (Å²) in [4.78, 5) is 19.1. The van der Waals surface area contributed by atoms with Crippen LogP contribution in [0.2, 0.25) is 5.02 Å². The number of likely N-dealkylation sites (tertiary alicyclic amines) is 1. The Balaban J connectivity index is 1.43. The van der Waals surface area contributed by atoms with Gasteiger partial charge in [0, 0.05) is 29.6 Å². The van der Waals surface area contributed by atoms with Gasteiger partial charge in [-0.25, -0.2) is 4.39 Å². The number of benzene rings is 2. The maximum Gasteiger partial charge on any atom is 0.249 e. The molecule has 0 radical (unpaired) electrons. The summed E-state index contributed by atoms with van der Waals surface area (Å²) in [6.45, 7) is 0.602.